The molecule has 0 bridgehead atoms. The molecule has 0 fully saturated rings. The predicted octanol–water partition coefficient (Wildman–Crippen LogP) is 3.77. The molecule has 0 unspecified atom stereocenters. The minimum atomic E-state index is -4.56. The molecule has 1 aliphatic heterocycles. The molecular weight excluding hydrogens is 403 g/mol. The largest absolute Gasteiger partial charge is 0.416 e. The highest BCUT2D eigenvalue weighted by Gasteiger charge is 2.42. The number of ketones is 1. The first-order valence-corrected chi connectivity index (χ1v) is 9.85. The number of carbonyl (C=O) groups excluding carboxylic acids is 1. The Balaban J connectivity index is 2.04. The standard InChI is InChI=1S/C16H14F3N3O3S2/c1-8-9(2)26-15-12(8)13(23)14(27(24,25)22(15)3)21-20-11-6-4-5-10(7-11)16(17,18)19/h4-7,20H,1-3H3/b21-14-. The van der Waals surface area contributed by atoms with Crippen LogP contribution in [0.2, 0.25) is 0 Å². The Labute approximate surface area is 157 Å². The van der Waals surface area contributed by atoms with E-state index in [2.05, 4.69) is 10.5 Å². The van der Waals surface area contributed by atoms with Gasteiger partial charge in [-0.2, -0.15) is 26.7 Å². The van der Waals surface area contributed by atoms with Gasteiger partial charge in [-0.3, -0.25) is 14.5 Å². The predicted molar refractivity (Wildman–Crippen MR) is 97.9 cm³/mol. The van der Waals surface area contributed by atoms with Gasteiger partial charge in [0, 0.05) is 11.9 Å². The number of benzene rings is 1. The third-order valence-corrected chi connectivity index (χ3v) is 7.22. The summed E-state index contributed by atoms with van der Waals surface area (Å²) in [4.78, 5) is 13.5. The second-order valence-electron chi connectivity index (χ2n) is 5.87. The van der Waals surface area contributed by atoms with Crippen LogP contribution >= 0.6 is 11.3 Å². The molecule has 1 aliphatic rings. The molecule has 27 heavy (non-hydrogen) atoms. The van der Waals surface area contributed by atoms with E-state index < -0.39 is 32.6 Å². The van der Waals surface area contributed by atoms with Crippen molar-refractivity contribution in [2.24, 2.45) is 5.10 Å². The van der Waals surface area contributed by atoms with Gasteiger partial charge in [-0.25, -0.2) is 0 Å². The number of Topliss-reactive ketones (excluding diaryl/α,β-unsaturated/α-hetero) is 1. The lowest BCUT2D eigenvalue weighted by Gasteiger charge is -2.24. The van der Waals surface area contributed by atoms with E-state index in [9.17, 15) is 26.4 Å². The Bertz CT molecular complexity index is 1070. The fraction of sp³-hybridized carbons (Fsp3) is 0.250. The van der Waals surface area contributed by atoms with Gasteiger partial charge in [-0.15, -0.1) is 11.3 Å². The van der Waals surface area contributed by atoms with Crippen molar-refractivity contribution in [2.75, 3.05) is 16.8 Å². The summed E-state index contributed by atoms with van der Waals surface area (Å²) in [6.07, 6.45) is -4.56. The molecule has 1 aromatic heterocycles. The lowest BCUT2D eigenvalue weighted by atomic mass is 10.1. The van der Waals surface area contributed by atoms with Crippen LogP contribution in [0.15, 0.2) is 29.4 Å². The number of hydrazone groups is 1. The van der Waals surface area contributed by atoms with Crippen LogP contribution in [-0.2, 0) is 16.2 Å². The van der Waals surface area contributed by atoms with Gasteiger partial charge in [-0.05, 0) is 37.6 Å². The number of nitrogens with one attached hydrogen (secondary N) is 1. The summed E-state index contributed by atoms with van der Waals surface area (Å²) in [5.74, 6) is -0.788. The van der Waals surface area contributed by atoms with Gasteiger partial charge in [0.15, 0.2) is 0 Å². The highest BCUT2D eigenvalue weighted by Crippen LogP contribution is 2.40. The van der Waals surface area contributed by atoms with Crippen LogP contribution < -0.4 is 9.73 Å². The van der Waals surface area contributed by atoms with Gasteiger partial charge in [0.2, 0.25) is 10.8 Å². The molecule has 144 valence electrons. The fourth-order valence-electron chi connectivity index (χ4n) is 2.55. The van der Waals surface area contributed by atoms with Crippen LogP contribution in [0.5, 0.6) is 0 Å². The molecule has 0 amide bonds. The minimum absolute atomic E-state index is 0.0907. The summed E-state index contributed by atoms with van der Waals surface area (Å²) >= 11 is 1.18. The maximum absolute atomic E-state index is 12.8. The maximum Gasteiger partial charge on any atom is 0.416 e. The number of anilines is 2. The SMILES string of the molecule is Cc1sc2c(c1C)C(=O)/C(=N/Nc1cccc(C(F)(F)F)c1)S(=O)(=O)N2C. The zero-order valence-corrected chi connectivity index (χ0v) is 16.0. The number of aryl methyl sites for hydroxylation is 1. The quantitative estimate of drug-likeness (QED) is 0.755. The zero-order valence-electron chi connectivity index (χ0n) is 14.4. The molecule has 2 aromatic rings. The van der Waals surface area contributed by atoms with Crippen molar-refractivity contribution in [3.05, 3.63) is 45.8 Å². The molecule has 0 aliphatic carbocycles. The summed E-state index contributed by atoms with van der Waals surface area (Å²) in [5, 5.41) is 3.17. The number of rotatable bonds is 2. The number of hydrogen-bond acceptors (Lipinski definition) is 6. The van der Waals surface area contributed by atoms with Crippen molar-refractivity contribution in [3.8, 4) is 0 Å². The summed E-state index contributed by atoms with van der Waals surface area (Å²) in [6.45, 7) is 3.47. The number of thiophene rings is 1. The van der Waals surface area contributed by atoms with E-state index in [0.29, 0.717) is 10.6 Å². The van der Waals surface area contributed by atoms with Crippen molar-refractivity contribution >= 4 is 42.9 Å². The van der Waals surface area contributed by atoms with Crippen LogP contribution in [0, 0.1) is 13.8 Å². The Morgan fingerprint density at radius 3 is 2.52 bits per heavy atom. The lowest BCUT2D eigenvalue weighted by Crippen LogP contribution is -2.42. The summed E-state index contributed by atoms with van der Waals surface area (Å²) in [7, 11) is -2.92. The van der Waals surface area contributed by atoms with E-state index in [1.165, 1.54) is 24.5 Å². The number of carbonyl (C=O) groups is 1. The molecule has 0 saturated carbocycles. The zero-order chi connectivity index (χ0) is 20.1. The Kier molecular flexibility index (Phi) is 4.55. The van der Waals surface area contributed by atoms with Crippen molar-refractivity contribution in [1.82, 2.24) is 0 Å². The third kappa shape index (κ3) is 3.21. The Morgan fingerprint density at radius 2 is 1.89 bits per heavy atom. The molecule has 11 heteroatoms. The van der Waals surface area contributed by atoms with E-state index >= 15 is 0 Å². The molecule has 6 nitrogen and oxygen atoms in total. The van der Waals surface area contributed by atoms with Crippen LogP contribution in [0.1, 0.15) is 26.4 Å². The number of sulfonamides is 1. The van der Waals surface area contributed by atoms with Crippen LogP contribution in [0.4, 0.5) is 23.9 Å². The molecule has 0 spiro atoms. The molecule has 1 N–H and O–H groups in total. The lowest BCUT2D eigenvalue weighted by molar-refractivity contribution is -0.137. The first kappa shape index (κ1) is 19.4. The number of alkyl halides is 3. The number of fused-ring (bicyclic) bond motifs is 1. The molecule has 0 saturated heterocycles. The van der Waals surface area contributed by atoms with E-state index in [1.807, 2.05) is 0 Å². The van der Waals surface area contributed by atoms with E-state index in [1.54, 1.807) is 13.8 Å². The van der Waals surface area contributed by atoms with Gasteiger partial charge >= 0.3 is 6.18 Å². The Hall–Kier alpha value is -2.40. The number of hydrogen-bond donors (Lipinski definition) is 1. The second kappa shape index (κ2) is 6.34. The molecule has 0 radical (unpaired) electrons. The molecular formula is C16H14F3N3O3S2. The van der Waals surface area contributed by atoms with Gasteiger partial charge in [-0.1, -0.05) is 6.07 Å². The molecule has 3 rings (SSSR count). The van der Waals surface area contributed by atoms with Crippen molar-refractivity contribution in [1.29, 1.82) is 0 Å². The third-order valence-electron chi connectivity index (χ3n) is 4.16. The smallest absolute Gasteiger partial charge is 0.286 e. The highest BCUT2D eigenvalue weighted by atomic mass is 32.2. The van der Waals surface area contributed by atoms with Crippen LogP contribution in [-0.4, -0.2) is 26.3 Å². The van der Waals surface area contributed by atoms with Crippen molar-refractivity contribution in [3.63, 3.8) is 0 Å². The number of nitrogens with zero attached hydrogens (tertiary/aromatic N) is 2. The van der Waals surface area contributed by atoms with Crippen molar-refractivity contribution in [2.45, 2.75) is 20.0 Å². The average Bonchev–Trinajstić information content (AvgIpc) is 2.88. The first-order chi connectivity index (χ1) is 12.4. The van der Waals surface area contributed by atoms with Crippen molar-refractivity contribution < 1.29 is 26.4 Å². The molecule has 1 aromatic carbocycles. The highest BCUT2D eigenvalue weighted by molar-refractivity contribution is 8.09. The number of halogens is 3. The minimum Gasteiger partial charge on any atom is -0.286 e. The summed E-state index contributed by atoms with van der Waals surface area (Å²) in [6, 6.07) is 4.09. The van der Waals surface area contributed by atoms with Gasteiger partial charge in [0.05, 0.1) is 16.8 Å². The van der Waals surface area contributed by atoms with Crippen LogP contribution in [0.3, 0.4) is 0 Å². The Morgan fingerprint density at radius 1 is 1.22 bits per heavy atom. The summed E-state index contributed by atoms with van der Waals surface area (Å²) < 4.78 is 64.6. The second-order valence-corrected chi connectivity index (χ2v) is 8.96. The first-order valence-electron chi connectivity index (χ1n) is 7.59. The van der Waals surface area contributed by atoms with Gasteiger partial charge < -0.3 is 0 Å². The normalized spacial score (nSPS) is 17.9. The van der Waals surface area contributed by atoms with Gasteiger partial charge in [0.25, 0.3) is 10.0 Å². The van der Waals surface area contributed by atoms with E-state index in [-0.39, 0.29) is 11.3 Å². The van der Waals surface area contributed by atoms with Crippen LogP contribution in [0.25, 0.3) is 0 Å². The van der Waals surface area contributed by atoms with E-state index in [4.69, 9.17) is 0 Å². The fourth-order valence-corrected chi connectivity index (χ4v) is 5.04. The molecule has 2 heterocycles. The maximum atomic E-state index is 12.8. The molecule has 0 atom stereocenters. The topological polar surface area (TPSA) is 78.8 Å². The summed E-state index contributed by atoms with van der Waals surface area (Å²) in [5.41, 5.74) is 2.12. The van der Waals surface area contributed by atoms with E-state index in [0.717, 1.165) is 27.4 Å². The average molecular weight is 417 g/mol. The van der Waals surface area contributed by atoms with Gasteiger partial charge in [0.1, 0.15) is 5.00 Å². The monoisotopic (exact) mass is 417 g/mol.